The Morgan fingerprint density at radius 1 is 1.40 bits per heavy atom. The highest BCUT2D eigenvalue weighted by Gasteiger charge is 2.17. The molecular weight excluding hydrogens is 327 g/mol. The van der Waals surface area contributed by atoms with E-state index in [9.17, 15) is 8.42 Å². The van der Waals surface area contributed by atoms with Crippen molar-refractivity contribution in [3.8, 4) is 0 Å². The van der Waals surface area contributed by atoms with Crippen LogP contribution in [-0.2, 0) is 14.3 Å². The lowest BCUT2D eigenvalue weighted by atomic mass is 10.3. The van der Waals surface area contributed by atoms with Gasteiger partial charge in [-0.25, -0.2) is 0 Å². The Labute approximate surface area is 104 Å². The van der Waals surface area contributed by atoms with Crippen LogP contribution in [0.25, 0.3) is 0 Å². The fourth-order valence-corrected chi connectivity index (χ4v) is 2.34. The van der Waals surface area contributed by atoms with Crippen molar-refractivity contribution in [2.24, 2.45) is 0 Å². The van der Waals surface area contributed by atoms with Gasteiger partial charge in [-0.05, 0) is 60.2 Å². The summed E-state index contributed by atoms with van der Waals surface area (Å²) in [5.41, 5.74) is 0. The summed E-state index contributed by atoms with van der Waals surface area (Å²) in [6.45, 7) is 5.40. The van der Waals surface area contributed by atoms with E-state index >= 15 is 0 Å². The van der Waals surface area contributed by atoms with Crippen molar-refractivity contribution in [2.45, 2.75) is 24.3 Å². The summed E-state index contributed by atoms with van der Waals surface area (Å²) in [6.07, 6.45) is 0.0260. The van der Waals surface area contributed by atoms with Crippen LogP contribution in [0.1, 0.15) is 13.3 Å². The topological polar surface area (TPSA) is 43.4 Å². The third-order valence-electron chi connectivity index (χ3n) is 1.82. The molecule has 0 aliphatic heterocycles. The molecule has 5 heteroatoms. The second-order valence-corrected chi connectivity index (χ2v) is 5.85. The molecule has 15 heavy (non-hydrogen) atoms. The van der Waals surface area contributed by atoms with Gasteiger partial charge in [0, 0.05) is 3.57 Å². The van der Waals surface area contributed by atoms with Crippen LogP contribution in [0.2, 0.25) is 0 Å². The highest BCUT2D eigenvalue weighted by atomic mass is 127. The van der Waals surface area contributed by atoms with Gasteiger partial charge in [0.15, 0.2) is 0 Å². The van der Waals surface area contributed by atoms with E-state index < -0.39 is 16.2 Å². The molecule has 0 spiro atoms. The molecular formula is C10H12IO3S. The van der Waals surface area contributed by atoms with Crippen molar-refractivity contribution in [1.82, 2.24) is 0 Å². The molecule has 0 fully saturated rings. The van der Waals surface area contributed by atoms with E-state index in [1.54, 1.807) is 12.1 Å². The van der Waals surface area contributed by atoms with Crippen molar-refractivity contribution < 1.29 is 12.6 Å². The number of halogens is 1. The van der Waals surface area contributed by atoms with Gasteiger partial charge in [0.05, 0.1) is 11.0 Å². The normalized spacial score (nSPS) is 13.8. The van der Waals surface area contributed by atoms with Crippen LogP contribution in [0, 0.1) is 10.5 Å². The lowest BCUT2D eigenvalue weighted by Crippen LogP contribution is -2.14. The number of hydrogen-bond acceptors (Lipinski definition) is 3. The molecule has 1 unspecified atom stereocenters. The second kappa shape index (κ2) is 5.27. The summed E-state index contributed by atoms with van der Waals surface area (Å²) in [5.74, 6) is 0. The molecule has 0 bridgehead atoms. The maximum atomic E-state index is 11.6. The van der Waals surface area contributed by atoms with Crippen molar-refractivity contribution in [3.05, 3.63) is 34.8 Å². The summed E-state index contributed by atoms with van der Waals surface area (Å²) in [6, 6.07) is 6.50. The Morgan fingerprint density at radius 2 is 1.93 bits per heavy atom. The lowest BCUT2D eigenvalue weighted by molar-refractivity contribution is 0.249. The van der Waals surface area contributed by atoms with Gasteiger partial charge in [-0.3, -0.25) is 4.18 Å². The zero-order valence-electron chi connectivity index (χ0n) is 8.31. The van der Waals surface area contributed by atoms with Gasteiger partial charge in [0.1, 0.15) is 0 Å². The summed E-state index contributed by atoms with van der Waals surface area (Å²) in [5, 5.41) is 0. The van der Waals surface area contributed by atoms with E-state index in [0.717, 1.165) is 3.57 Å². The second-order valence-electron chi connectivity index (χ2n) is 3.03. The minimum atomic E-state index is -3.65. The molecule has 1 aromatic rings. The van der Waals surface area contributed by atoms with Crippen LogP contribution < -0.4 is 0 Å². The van der Waals surface area contributed by atoms with E-state index in [2.05, 4.69) is 29.5 Å². The molecule has 0 saturated carbocycles. The van der Waals surface area contributed by atoms with Crippen LogP contribution in [0.4, 0.5) is 0 Å². The number of hydrogen-bond donors (Lipinski definition) is 0. The summed E-state index contributed by atoms with van der Waals surface area (Å²) in [7, 11) is -3.65. The zero-order chi connectivity index (χ0) is 11.5. The SMILES string of the molecule is [CH2]C(CC)OS(=O)(=O)c1ccc(I)cc1. The molecule has 1 aromatic carbocycles. The standard InChI is InChI=1S/C10H12IO3S/c1-3-8(2)14-15(12,13)10-6-4-9(11)5-7-10/h4-8H,2-3H2,1H3. The third-order valence-corrected chi connectivity index (χ3v) is 3.91. The van der Waals surface area contributed by atoms with Crippen LogP contribution in [-0.4, -0.2) is 14.5 Å². The first kappa shape index (κ1) is 12.9. The van der Waals surface area contributed by atoms with E-state index in [1.165, 1.54) is 12.1 Å². The molecule has 0 aliphatic rings. The summed E-state index contributed by atoms with van der Waals surface area (Å²) in [4.78, 5) is 0.171. The van der Waals surface area contributed by atoms with Gasteiger partial charge >= 0.3 is 0 Å². The van der Waals surface area contributed by atoms with Gasteiger partial charge in [-0.1, -0.05) is 6.92 Å². The molecule has 83 valence electrons. The van der Waals surface area contributed by atoms with E-state index in [0.29, 0.717) is 6.42 Å². The van der Waals surface area contributed by atoms with Gasteiger partial charge in [0.25, 0.3) is 10.1 Å². The fourth-order valence-electron chi connectivity index (χ4n) is 0.904. The Bertz CT molecular complexity index is 411. The van der Waals surface area contributed by atoms with Crippen molar-refractivity contribution in [3.63, 3.8) is 0 Å². The van der Waals surface area contributed by atoms with Crippen molar-refractivity contribution in [1.29, 1.82) is 0 Å². The molecule has 0 aromatic heterocycles. The Hall–Kier alpha value is -0.140. The van der Waals surface area contributed by atoms with Crippen LogP contribution in [0.5, 0.6) is 0 Å². The van der Waals surface area contributed by atoms with Crippen LogP contribution in [0.15, 0.2) is 29.2 Å². The minimum Gasteiger partial charge on any atom is -0.263 e. The van der Waals surface area contributed by atoms with Crippen molar-refractivity contribution >= 4 is 32.7 Å². The predicted molar refractivity (Wildman–Crippen MR) is 66.9 cm³/mol. The summed E-state index contributed by atoms with van der Waals surface area (Å²) >= 11 is 2.11. The minimum absolute atomic E-state index is 0.171. The zero-order valence-corrected chi connectivity index (χ0v) is 11.3. The quantitative estimate of drug-likeness (QED) is 0.626. The maximum Gasteiger partial charge on any atom is 0.297 e. The molecule has 1 radical (unpaired) electrons. The van der Waals surface area contributed by atoms with Crippen LogP contribution >= 0.6 is 22.6 Å². The molecule has 0 saturated heterocycles. The van der Waals surface area contributed by atoms with E-state index in [1.807, 2.05) is 6.92 Å². The highest BCUT2D eigenvalue weighted by Crippen LogP contribution is 2.16. The van der Waals surface area contributed by atoms with Gasteiger partial charge < -0.3 is 0 Å². The first-order valence-electron chi connectivity index (χ1n) is 4.47. The molecule has 0 N–H and O–H groups in total. The predicted octanol–water partition coefficient (Wildman–Crippen LogP) is 2.61. The molecule has 0 aliphatic carbocycles. The van der Waals surface area contributed by atoms with E-state index in [-0.39, 0.29) is 4.90 Å². The molecule has 0 amide bonds. The average molecular weight is 339 g/mol. The average Bonchev–Trinajstić information content (AvgIpc) is 2.17. The van der Waals surface area contributed by atoms with Gasteiger partial charge in [0.2, 0.25) is 0 Å². The first-order chi connectivity index (χ1) is 6.95. The number of benzene rings is 1. The number of rotatable bonds is 4. The fraction of sp³-hybridized carbons (Fsp3) is 0.300. The van der Waals surface area contributed by atoms with Gasteiger partial charge in [-0.2, -0.15) is 8.42 Å². The lowest BCUT2D eigenvalue weighted by Gasteiger charge is -2.10. The maximum absolute atomic E-state index is 11.6. The summed E-state index contributed by atoms with van der Waals surface area (Å²) < 4.78 is 29.1. The molecule has 3 nitrogen and oxygen atoms in total. The monoisotopic (exact) mass is 339 g/mol. The Kier molecular flexibility index (Phi) is 4.54. The van der Waals surface area contributed by atoms with Gasteiger partial charge in [-0.15, -0.1) is 0 Å². The Morgan fingerprint density at radius 3 is 2.40 bits per heavy atom. The molecule has 1 atom stereocenters. The van der Waals surface area contributed by atoms with Crippen LogP contribution in [0.3, 0.4) is 0 Å². The molecule has 0 heterocycles. The largest absolute Gasteiger partial charge is 0.297 e. The van der Waals surface area contributed by atoms with Crippen molar-refractivity contribution in [2.75, 3.05) is 0 Å². The third kappa shape index (κ3) is 3.73. The Balaban J connectivity index is 2.91. The smallest absolute Gasteiger partial charge is 0.263 e. The molecule has 1 rings (SSSR count). The highest BCUT2D eigenvalue weighted by molar-refractivity contribution is 14.1. The first-order valence-corrected chi connectivity index (χ1v) is 6.96. The van der Waals surface area contributed by atoms with E-state index in [4.69, 9.17) is 4.18 Å².